The van der Waals surface area contributed by atoms with Gasteiger partial charge in [0.15, 0.2) is 0 Å². The van der Waals surface area contributed by atoms with Gasteiger partial charge in [-0.05, 0) is 52.9 Å². The molecular weight excluding hydrogens is 372 g/mol. The van der Waals surface area contributed by atoms with E-state index >= 15 is 0 Å². The molecule has 0 spiro atoms. The van der Waals surface area contributed by atoms with Crippen molar-refractivity contribution in [3.8, 4) is 0 Å². The van der Waals surface area contributed by atoms with Crippen molar-refractivity contribution < 1.29 is 4.79 Å². The van der Waals surface area contributed by atoms with Crippen LogP contribution in [-0.2, 0) is 0 Å². The van der Waals surface area contributed by atoms with E-state index in [0.717, 1.165) is 40.6 Å². The maximum atomic E-state index is 12.8. The molecule has 0 saturated carbocycles. The Morgan fingerprint density at radius 2 is 2.16 bits per heavy atom. The summed E-state index contributed by atoms with van der Waals surface area (Å²) in [5.41, 5.74) is 0.752. The summed E-state index contributed by atoms with van der Waals surface area (Å²) in [7, 11) is 0. The molecule has 102 valence electrons. The monoisotopic (exact) mass is 386 g/mol. The van der Waals surface area contributed by atoms with Crippen LogP contribution in [-0.4, -0.2) is 36.5 Å². The lowest BCUT2D eigenvalue weighted by Crippen LogP contribution is -2.48. The highest BCUT2D eigenvalue weighted by Gasteiger charge is 2.37. The predicted octanol–water partition coefficient (Wildman–Crippen LogP) is 3.04. The Morgan fingerprint density at radius 3 is 3.00 bits per heavy atom. The van der Waals surface area contributed by atoms with Crippen LogP contribution in [0.4, 0.5) is 0 Å². The third-order valence-electron chi connectivity index (χ3n) is 4.10. The predicted molar refractivity (Wildman–Crippen MR) is 82.3 cm³/mol. The van der Waals surface area contributed by atoms with Gasteiger partial charge < -0.3 is 10.2 Å². The Morgan fingerprint density at radius 1 is 1.32 bits per heavy atom. The average Bonchev–Trinajstić information content (AvgIpc) is 2.89. The van der Waals surface area contributed by atoms with Gasteiger partial charge in [0, 0.05) is 34.6 Å². The van der Waals surface area contributed by atoms with Crippen LogP contribution < -0.4 is 5.32 Å². The first-order valence-electron chi connectivity index (χ1n) is 6.63. The Labute approximate surface area is 130 Å². The number of fused-ring (bicyclic) bond motifs is 1. The number of piperidine rings is 1. The van der Waals surface area contributed by atoms with E-state index in [1.165, 1.54) is 6.42 Å². The highest BCUT2D eigenvalue weighted by Crippen LogP contribution is 2.30. The zero-order valence-corrected chi connectivity index (χ0v) is 13.7. The van der Waals surface area contributed by atoms with E-state index in [1.807, 2.05) is 18.2 Å². The third-order valence-corrected chi connectivity index (χ3v) is 5.28. The number of rotatable bonds is 1. The molecule has 1 aromatic rings. The fraction of sp³-hybridized carbons (Fsp3) is 0.500. The van der Waals surface area contributed by atoms with Gasteiger partial charge in [0.25, 0.3) is 5.91 Å². The molecule has 1 N–H and O–H groups in total. The molecular formula is C14H16Br2N2O. The standard InChI is InChI=1S/C14H16Br2N2O/c15-10-3-4-12(16)11(6-10)14(19)18-5-1-2-9-7-17-8-13(9)18/h3-4,6,9,13,17H,1-2,5,7-8H2. The minimum absolute atomic E-state index is 0.145. The first kappa shape index (κ1) is 13.6. The minimum Gasteiger partial charge on any atom is -0.334 e. The molecule has 0 aromatic heterocycles. The maximum Gasteiger partial charge on any atom is 0.255 e. The summed E-state index contributed by atoms with van der Waals surface area (Å²) in [6.07, 6.45) is 2.35. The molecule has 2 fully saturated rings. The lowest BCUT2D eigenvalue weighted by molar-refractivity contribution is 0.0574. The number of hydrogen-bond donors (Lipinski definition) is 1. The molecule has 2 aliphatic rings. The number of hydrogen-bond acceptors (Lipinski definition) is 2. The fourth-order valence-electron chi connectivity index (χ4n) is 3.14. The highest BCUT2D eigenvalue weighted by atomic mass is 79.9. The SMILES string of the molecule is O=C(c1cc(Br)ccc1Br)N1CCCC2CNCC21. The van der Waals surface area contributed by atoms with Gasteiger partial charge in [-0.3, -0.25) is 4.79 Å². The number of benzene rings is 1. The topological polar surface area (TPSA) is 32.3 Å². The smallest absolute Gasteiger partial charge is 0.255 e. The summed E-state index contributed by atoms with van der Waals surface area (Å²) in [4.78, 5) is 14.8. The molecule has 2 aliphatic heterocycles. The first-order valence-corrected chi connectivity index (χ1v) is 8.22. The van der Waals surface area contributed by atoms with Gasteiger partial charge in [-0.25, -0.2) is 0 Å². The van der Waals surface area contributed by atoms with Gasteiger partial charge >= 0.3 is 0 Å². The van der Waals surface area contributed by atoms with Crippen LogP contribution in [0.5, 0.6) is 0 Å². The second kappa shape index (κ2) is 5.54. The van der Waals surface area contributed by atoms with E-state index in [9.17, 15) is 4.79 Å². The Hall–Kier alpha value is -0.390. The van der Waals surface area contributed by atoms with Crippen LogP contribution in [0.1, 0.15) is 23.2 Å². The molecule has 2 heterocycles. The minimum atomic E-state index is 0.145. The van der Waals surface area contributed by atoms with Crippen molar-refractivity contribution in [3.05, 3.63) is 32.7 Å². The van der Waals surface area contributed by atoms with Crippen molar-refractivity contribution in [2.45, 2.75) is 18.9 Å². The van der Waals surface area contributed by atoms with Crippen molar-refractivity contribution in [1.82, 2.24) is 10.2 Å². The fourth-order valence-corrected chi connectivity index (χ4v) is 3.91. The van der Waals surface area contributed by atoms with E-state index in [0.29, 0.717) is 12.0 Å². The van der Waals surface area contributed by atoms with Gasteiger partial charge in [-0.15, -0.1) is 0 Å². The van der Waals surface area contributed by atoms with E-state index in [4.69, 9.17) is 0 Å². The molecule has 2 unspecified atom stereocenters. The Kier molecular flexibility index (Phi) is 3.96. The number of nitrogens with one attached hydrogen (secondary N) is 1. The molecule has 5 heteroatoms. The molecule has 3 nitrogen and oxygen atoms in total. The number of carbonyl (C=O) groups excluding carboxylic acids is 1. The summed E-state index contributed by atoms with van der Waals surface area (Å²) < 4.78 is 1.81. The lowest BCUT2D eigenvalue weighted by atomic mass is 9.91. The molecule has 19 heavy (non-hydrogen) atoms. The van der Waals surface area contributed by atoms with Crippen molar-refractivity contribution in [3.63, 3.8) is 0 Å². The number of likely N-dealkylation sites (tertiary alicyclic amines) is 1. The molecule has 1 amide bonds. The van der Waals surface area contributed by atoms with Gasteiger partial charge in [0.2, 0.25) is 0 Å². The summed E-state index contributed by atoms with van der Waals surface area (Å²) in [6, 6.07) is 6.13. The molecule has 1 aromatic carbocycles. The highest BCUT2D eigenvalue weighted by molar-refractivity contribution is 9.11. The van der Waals surface area contributed by atoms with Crippen LogP contribution in [0.3, 0.4) is 0 Å². The van der Waals surface area contributed by atoms with Crippen molar-refractivity contribution in [2.24, 2.45) is 5.92 Å². The second-order valence-corrected chi connectivity index (χ2v) is 7.02. The number of halogens is 2. The van der Waals surface area contributed by atoms with E-state index in [2.05, 4.69) is 42.1 Å². The molecule has 0 bridgehead atoms. The lowest BCUT2D eigenvalue weighted by Gasteiger charge is -2.37. The molecule has 2 saturated heterocycles. The van der Waals surface area contributed by atoms with Crippen molar-refractivity contribution in [2.75, 3.05) is 19.6 Å². The van der Waals surface area contributed by atoms with E-state index in [1.54, 1.807) is 0 Å². The summed E-state index contributed by atoms with van der Waals surface area (Å²) in [5, 5.41) is 3.41. The number of carbonyl (C=O) groups is 1. The average molecular weight is 388 g/mol. The third kappa shape index (κ3) is 2.60. The zero-order valence-electron chi connectivity index (χ0n) is 10.5. The van der Waals surface area contributed by atoms with Crippen LogP contribution in [0.15, 0.2) is 27.1 Å². The largest absolute Gasteiger partial charge is 0.334 e. The molecule has 3 rings (SSSR count). The summed E-state index contributed by atoms with van der Waals surface area (Å²) in [6.45, 7) is 2.86. The number of amides is 1. The van der Waals surface area contributed by atoms with Gasteiger partial charge in [-0.2, -0.15) is 0 Å². The zero-order chi connectivity index (χ0) is 13.4. The van der Waals surface area contributed by atoms with Crippen molar-refractivity contribution in [1.29, 1.82) is 0 Å². The quantitative estimate of drug-likeness (QED) is 0.803. The first-order chi connectivity index (χ1) is 9.16. The second-order valence-electron chi connectivity index (χ2n) is 5.25. The van der Waals surface area contributed by atoms with Gasteiger partial charge in [-0.1, -0.05) is 15.9 Å². The summed E-state index contributed by atoms with van der Waals surface area (Å²) in [5.74, 6) is 0.773. The molecule has 2 atom stereocenters. The van der Waals surface area contributed by atoms with Crippen LogP contribution in [0, 0.1) is 5.92 Å². The Bertz CT molecular complexity index is 506. The van der Waals surface area contributed by atoms with E-state index in [-0.39, 0.29) is 5.91 Å². The van der Waals surface area contributed by atoms with Gasteiger partial charge in [0.1, 0.15) is 0 Å². The summed E-state index contributed by atoms with van der Waals surface area (Å²) >= 11 is 6.93. The molecule has 0 aliphatic carbocycles. The van der Waals surface area contributed by atoms with Crippen LogP contribution in [0.25, 0.3) is 0 Å². The maximum absolute atomic E-state index is 12.8. The van der Waals surface area contributed by atoms with Gasteiger partial charge in [0.05, 0.1) is 5.56 Å². The molecule has 0 radical (unpaired) electrons. The van der Waals surface area contributed by atoms with Crippen LogP contribution in [0.2, 0.25) is 0 Å². The number of nitrogens with zero attached hydrogens (tertiary/aromatic N) is 1. The van der Waals surface area contributed by atoms with Crippen molar-refractivity contribution >= 4 is 37.8 Å². The van der Waals surface area contributed by atoms with E-state index < -0.39 is 0 Å². The van der Waals surface area contributed by atoms with Crippen LogP contribution >= 0.6 is 31.9 Å². The normalized spacial score (nSPS) is 26.3. The Balaban J connectivity index is 1.88.